The first-order chi connectivity index (χ1) is 16.4. The molecule has 1 amide bonds. The zero-order valence-corrected chi connectivity index (χ0v) is 20.4. The van der Waals surface area contributed by atoms with Crippen molar-refractivity contribution in [3.63, 3.8) is 0 Å². The summed E-state index contributed by atoms with van der Waals surface area (Å²) in [5, 5.41) is 6.66. The van der Waals surface area contributed by atoms with Crippen LogP contribution in [0.5, 0.6) is 0 Å². The van der Waals surface area contributed by atoms with Gasteiger partial charge in [0, 0.05) is 54.7 Å². The summed E-state index contributed by atoms with van der Waals surface area (Å²) >= 11 is 6.23. The van der Waals surface area contributed by atoms with Crippen molar-refractivity contribution in [3.8, 4) is 0 Å². The number of fused-ring (bicyclic) bond motifs is 3. The van der Waals surface area contributed by atoms with E-state index in [1.54, 1.807) is 13.2 Å². The number of carbonyl (C=O) groups is 1. The molecular weight excluding hydrogens is 450 g/mol. The molecule has 8 heteroatoms. The van der Waals surface area contributed by atoms with Gasteiger partial charge in [-0.3, -0.25) is 9.59 Å². The minimum Gasteiger partial charge on any atom is -0.368 e. The lowest BCUT2D eigenvalue weighted by molar-refractivity contribution is -0.135. The minimum atomic E-state index is -0.461. The third kappa shape index (κ3) is 3.64. The van der Waals surface area contributed by atoms with Gasteiger partial charge in [0.1, 0.15) is 11.6 Å². The van der Waals surface area contributed by atoms with Gasteiger partial charge in [-0.1, -0.05) is 42.8 Å². The molecule has 0 spiro atoms. The lowest BCUT2D eigenvalue weighted by atomic mass is 10.1. The van der Waals surface area contributed by atoms with Crippen LogP contribution in [0.4, 0.5) is 5.69 Å². The van der Waals surface area contributed by atoms with Crippen LogP contribution in [0.25, 0.3) is 21.8 Å². The molecule has 1 atom stereocenters. The molecule has 3 heterocycles. The molecule has 0 N–H and O–H groups in total. The monoisotopic (exact) mass is 477 g/mol. The summed E-state index contributed by atoms with van der Waals surface area (Å²) in [4.78, 5) is 31.2. The SMILES string of the molecule is CC[C@H](C(=O)N1CCN(c2cc(Cl)ccc2C)CC1)n1c2ccccc2c2cnn(C)c(=O)c21. The van der Waals surface area contributed by atoms with Gasteiger partial charge >= 0.3 is 0 Å². The fourth-order valence-corrected chi connectivity index (χ4v) is 5.25. The summed E-state index contributed by atoms with van der Waals surface area (Å²) in [6.07, 6.45) is 2.31. The Morgan fingerprint density at radius 3 is 2.56 bits per heavy atom. The predicted molar refractivity (Wildman–Crippen MR) is 137 cm³/mol. The smallest absolute Gasteiger partial charge is 0.291 e. The van der Waals surface area contributed by atoms with E-state index < -0.39 is 6.04 Å². The highest BCUT2D eigenvalue weighted by Gasteiger charge is 2.31. The number of halogens is 1. The summed E-state index contributed by atoms with van der Waals surface area (Å²) in [6.45, 7) is 6.80. The van der Waals surface area contributed by atoms with E-state index >= 15 is 0 Å². The number of aromatic nitrogens is 3. The van der Waals surface area contributed by atoms with Crippen molar-refractivity contribution in [2.24, 2.45) is 7.05 Å². The lowest BCUT2D eigenvalue weighted by Gasteiger charge is -2.38. The number of anilines is 1. The fourth-order valence-electron chi connectivity index (χ4n) is 5.08. The maximum Gasteiger partial charge on any atom is 0.291 e. The highest BCUT2D eigenvalue weighted by molar-refractivity contribution is 6.30. The van der Waals surface area contributed by atoms with Gasteiger partial charge in [0.15, 0.2) is 0 Å². The molecule has 5 rings (SSSR count). The molecule has 1 aliphatic heterocycles. The second-order valence-corrected chi connectivity index (χ2v) is 9.33. The van der Waals surface area contributed by atoms with Crippen LogP contribution in [0.2, 0.25) is 5.02 Å². The van der Waals surface area contributed by atoms with Crippen molar-refractivity contribution in [3.05, 3.63) is 69.6 Å². The van der Waals surface area contributed by atoms with Gasteiger partial charge in [-0.05, 0) is 37.1 Å². The molecule has 1 saturated heterocycles. The van der Waals surface area contributed by atoms with Crippen LogP contribution < -0.4 is 10.5 Å². The molecule has 0 radical (unpaired) electrons. The van der Waals surface area contributed by atoms with Crippen LogP contribution in [0.3, 0.4) is 0 Å². The van der Waals surface area contributed by atoms with Gasteiger partial charge in [-0.25, -0.2) is 4.68 Å². The number of carbonyl (C=O) groups excluding carboxylic acids is 1. The Hall–Kier alpha value is -3.32. The molecule has 0 aliphatic carbocycles. The predicted octanol–water partition coefficient (Wildman–Crippen LogP) is 4.15. The van der Waals surface area contributed by atoms with Crippen LogP contribution in [-0.4, -0.2) is 51.3 Å². The Balaban J connectivity index is 1.48. The summed E-state index contributed by atoms with van der Waals surface area (Å²) in [6, 6.07) is 13.3. The maximum absolute atomic E-state index is 13.8. The Bertz CT molecular complexity index is 1450. The zero-order chi connectivity index (χ0) is 24.0. The molecule has 1 aliphatic rings. The standard InChI is InChI=1S/C26H28ClN5O2/c1-4-21(25(33)31-13-11-30(12-14-31)23-15-18(27)10-9-17(23)2)32-22-8-6-5-7-19(22)20-16-28-29(3)26(34)24(20)32/h5-10,15-16,21H,4,11-14H2,1-3H3/t21-/m1/s1. The number of rotatable bonds is 4. The second-order valence-electron chi connectivity index (χ2n) is 8.89. The Morgan fingerprint density at radius 1 is 1.09 bits per heavy atom. The molecule has 34 heavy (non-hydrogen) atoms. The van der Waals surface area contributed by atoms with Gasteiger partial charge in [0.05, 0.1) is 11.7 Å². The second kappa shape index (κ2) is 8.80. The average Bonchev–Trinajstić information content (AvgIpc) is 3.18. The lowest BCUT2D eigenvalue weighted by Crippen LogP contribution is -2.50. The fraction of sp³-hybridized carbons (Fsp3) is 0.346. The number of nitrogens with zero attached hydrogens (tertiary/aromatic N) is 5. The first-order valence-corrected chi connectivity index (χ1v) is 12.0. The van der Waals surface area contributed by atoms with E-state index in [1.165, 1.54) is 10.2 Å². The number of benzene rings is 2. The van der Waals surface area contributed by atoms with Gasteiger partial charge < -0.3 is 14.4 Å². The molecule has 176 valence electrons. The molecule has 0 bridgehead atoms. The van der Waals surface area contributed by atoms with Gasteiger partial charge in [0.2, 0.25) is 5.91 Å². The van der Waals surface area contributed by atoms with Crippen LogP contribution in [-0.2, 0) is 11.8 Å². The van der Waals surface area contributed by atoms with Crippen LogP contribution in [0.15, 0.2) is 53.5 Å². The third-order valence-corrected chi connectivity index (χ3v) is 7.13. The molecule has 1 fully saturated rings. The van der Waals surface area contributed by atoms with Crippen molar-refractivity contribution < 1.29 is 4.79 Å². The molecule has 2 aromatic carbocycles. The molecule has 7 nitrogen and oxygen atoms in total. The number of aryl methyl sites for hydroxylation is 2. The number of amides is 1. The van der Waals surface area contributed by atoms with E-state index in [0.717, 1.165) is 35.1 Å². The van der Waals surface area contributed by atoms with E-state index in [0.29, 0.717) is 30.0 Å². The Kier molecular flexibility index (Phi) is 5.81. The molecule has 0 saturated carbocycles. The quantitative estimate of drug-likeness (QED) is 0.443. The summed E-state index contributed by atoms with van der Waals surface area (Å²) in [5.74, 6) is 0.0477. The van der Waals surface area contributed by atoms with Crippen molar-refractivity contribution in [2.45, 2.75) is 26.3 Å². The zero-order valence-electron chi connectivity index (χ0n) is 19.7. The van der Waals surface area contributed by atoms with E-state index in [-0.39, 0.29) is 11.5 Å². The van der Waals surface area contributed by atoms with Gasteiger partial charge in [-0.2, -0.15) is 5.10 Å². The molecule has 4 aromatic rings. The van der Waals surface area contributed by atoms with Crippen LogP contribution in [0, 0.1) is 6.92 Å². The number of piperazine rings is 1. The van der Waals surface area contributed by atoms with Crippen molar-refractivity contribution in [1.82, 2.24) is 19.2 Å². The summed E-state index contributed by atoms with van der Waals surface area (Å²) in [5.41, 5.74) is 3.51. The van der Waals surface area contributed by atoms with Crippen LogP contribution in [0.1, 0.15) is 24.9 Å². The molecule has 0 unspecified atom stereocenters. The topological polar surface area (TPSA) is 63.4 Å². The van der Waals surface area contributed by atoms with E-state index in [4.69, 9.17) is 11.6 Å². The van der Waals surface area contributed by atoms with Crippen molar-refractivity contribution in [1.29, 1.82) is 0 Å². The molecule has 2 aromatic heterocycles. The highest BCUT2D eigenvalue weighted by Crippen LogP contribution is 2.32. The highest BCUT2D eigenvalue weighted by atomic mass is 35.5. The maximum atomic E-state index is 13.8. The van der Waals surface area contributed by atoms with E-state index in [2.05, 4.69) is 16.9 Å². The third-order valence-electron chi connectivity index (χ3n) is 6.89. The molecular formula is C26H28ClN5O2. The van der Waals surface area contributed by atoms with Gasteiger partial charge in [0.25, 0.3) is 5.56 Å². The number of hydrogen-bond acceptors (Lipinski definition) is 4. The van der Waals surface area contributed by atoms with E-state index in [1.807, 2.05) is 58.9 Å². The number of hydrogen-bond donors (Lipinski definition) is 0. The summed E-state index contributed by atoms with van der Waals surface area (Å²) in [7, 11) is 1.64. The van der Waals surface area contributed by atoms with Gasteiger partial charge in [-0.15, -0.1) is 0 Å². The first kappa shape index (κ1) is 22.5. The Morgan fingerprint density at radius 2 is 1.82 bits per heavy atom. The van der Waals surface area contributed by atoms with Crippen LogP contribution >= 0.6 is 11.6 Å². The largest absolute Gasteiger partial charge is 0.368 e. The normalized spacial score (nSPS) is 15.3. The van der Waals surface area contributed by atoms with E-state index in [9.17, 15) is 9.59 Å². The Labute approximate surface area is 203 Å². The summed E-state index contributed by atoms with van der Waals surface area (Å²) < 4.78 is 3.27. The van der Waals surface area contributed by atoms with Crippen molar-refractivity contribution >= 4 is 45.0 Å². The minimum absolute atomic E-state index is 0.0477. The van der Waals surface area contributed by atoms with Crippen molar-refractivity contribution in [2.75, 3.05) is 31.1 Å². The average molecular weight is 478 g/mol. The number of para-hydroxylation sites is 1. The first-order valence-electron chi connectivity index (χ1n) is 11.7.